The molecule has 0 amide bonds. The second kappa shape index (κ2) is 6.07. The maximum absolute atomic E-state index is 8.86. The molecule has 1 rings (SSSR count). The number of hydrogen-bond acceptors (Lipinski definition) is 5. The van der Waals surface area contributed by atoms with Crippen LogP contribution in [-0.4, -0.2) is 41.8 Å². The molecule has 0 aliphatic heterocycles. The predicted octanol–water partition coefficient (Wildman–Crippen LogP) is 0.811. The van der Waals surface area contributed by atoms with E-state index in [1.807, 2.05) is 24.9 Å². The molecule has 1 aromatic rings. The largest absolute Gasteiger partial charge is 0.395 e. The molecule has 0 aliphatic rings. The molecule has 16 heavy (non-hydrogen) atoms. The Bertz CT molecular complexity index is 354. The van der Waals surface area contributed by atoms with E-state index in [0.29, 0.717) is 18.9 Å². The van der Waals surface area contributed by atoms with E-state index in [0.717, 1.165) is 11.6 Å². The third kappa shape index (κ3) is 3.51. The second-order valence-corrected chi connectivity index (χ2v) is 3.47. The van der Waals surface area contributed by atoms with Gasteiger partial charge in [-0.15, -0.1) is 6.58 Å². The van der Waals surface area contributed by atoms with Gasteiger partial charge in [0, 0.05) is 26.2 Å². The fourth-order valence-electron chi connectivity index (χ4n) is 1.28. The molecule has 0 spiro atoms. The number of rotatable bonds is 6. The fraction of sp³-hybridized carbons (Fsp3) is 0.455. The van der Waals surface area contributed by atoms with E-state index >= 15 is 0 Å². The summed E-state index contributed by atoms with van der Waals surface area (Å²) >= 11 is 0. The summed E-state index contributed by atoms with van der Waals surface area (Å²) in [6.45, 7) is 6.80. The molecule has 0 bridgehead atoms. The summed E-state index contributed by atoms with van der Waals surface area (Å²) in [5, 5.41) is 12.0. The minimum absolute atomic E-state index is 0.106. The molecule has 2 N–H and O–H groups in total. The van der Waals surface area contributed by atoms with Crippen molar-refractivity contribution in [3.05, 3.63) is 24.5 Å². The van der Waals surface area contributed by atoms with Crippen molar-refractivity contribution in [3.8, 4) is 0 Å². The molecule has 0 aromatic carbocycles. The van der Waals surface area contributed by atoms with Crippen molar-refractivity contribution in [2.24, 2.45) is 0 Å². The zero-order valence-corrected chi connectivity index (χ0v) is 9.77. The van der Waals surface area contributed by atoms with Gasteiger partial charge in [-0.25, -0.2) is 9.97 Å². The quantitative estimate of drug-likeness (QED) is 0.697. The lowest BCUT2D eigenvalue weighted by Gasteiger charge is -2.17. The van der Waals surface area contributed by atoms with Crippen LogP contribution in [0.25, 0.3) is 0 Å². The van der Waals surface area contributed by atoms with E-state index in [-0.39, 0.29) is 6.61 Å². The fourth-order valence-corrected chi connectivity index (χ4v) is 1.28. The first kappa shape index (κ1) is 12.4. The number of aliphatic hydroxyl groups is 1. The molecule has 0 unspecified atom stereocenters. The van der Waals surface area contributed by atoms with Crippen molar-refractivity contribution < 1.29 is 5.11 Å². The molecule has 88 valence electrons. The van der Waals surface area contributed by atoms with Gasteiger partial charge in [-0.3, -0.25) is 0 Å². The maximum Gasteiger partial charge on any atom is 0.134 e. The second-order valence-electron chi connectivity index (χ2n) is 3.47. The molecule has 0 radical (unpaired) electrons. The molecule has 0 saturated carbocycles. The van der Waals surface area contributed by atoms with Crippen molar-refractivity contribution in [1.29, 1.82) is 0 Å². The highest BCUT2D eigenvalue weighted by molar-refractivity contribution is 5.49. The van der Waals surface area contributed by atoms with Crippen molar-refractivity contribution >= 4 is 11.6 Å². The standard InChI is InChI=1S/C11H18N4O/c1-4-5-12-10-8-11(14-9(2)13-10)15(3)6-7-16/h4,8,16H,1,5-7H2,2-3H3,(H,12,13,14). The third-order valence-electron chi connectivity index (χ3n) is 2.08. The molecule has 0 saturated heterocycles. The van der Waals surface area contributed by atoms with Gasteiger partial charge in [-0.1, -0.05) is 6.08 Å². The maximum atomic E-state index is 8.86. The highest BCUT2D eigenvalue weighted by Crippen LogP contribution is 2.14. The van der Waals surface area contributed by atoms with Crippen LogP contribution >= 0.6 is 0 Å². The highest BCUT2D eigenvalue weighted by atomic mass is 16.3. The smallest absolute Gasteiger partial charge is 0.134 e. The third-order valence-corrected chi connectivity index (χ3v) is 2.08. The molecular formula is C11H18N4O. The summed E-state index contributed by atoms with van der Waals surface area (Å²) < 4.78 is 0. The van der Waals surface area contributed by atoms with E-state index in [9.17, 15) is 0 Å². The van der Waals surface area contributed by atoms with Crippen molar-refractivity contribution in [2.45, 2.75) is 6.92 Å². The Balaban J connectivity index is 2.84. The van der Waals surface area contributed by atoms with Gasteiger partial charge < -0.3 is 15.3 Å². The number of nitrogens with one attached hydrogen (secondary N) is 1. The molecule has 1 heterocycles. The molecule has 0 atom stereocenters. The summed E-state index contributed by atoms with van der Waals surface area (Å²) in [7, 11) is 1.88. The molecule has 5 nitrogen and oxygen atoms in total. The number of aryl methyl sites for hydroxylation is 1. The molecule has 5 heteroatoms. The number of aliphatic hydroxyl groups excluding tert-OH is 1. The number of hydrogen-bond donors (Lipinski definition) is 2. The van der Waals surface area contributed by atoms with E-state index < -0.39 is 0 Å². The molecule has 1 aromatic heterocycles. The van der Waals surface area contributed by atoms with Crippen LogP contribution in [0.4, 0.5) is 11.6 Å². The van der Waals surface area contributed by atoms with E-state index in [2.05, 4.69) is 21.9 Å². The van der Waals surface area contributed by atoms with E-state index in [1.165, 1.54) is 0 Å². The summed E-state index contributed by atoms with van der Waals surface area (Å²) in [6, 6.07) is 1.85. The minimum atomic E-state index is 0.106. The topological polar surface area (TPSA) is 61.3 Å². The number of anilines is 2. The zero-order valence-electron chi connectivity index (χ0n) is 9.77. The van der Waals surface area contributed by atoms with Gasteiger partial charge in [-0.2, -0.15) is 0 Å². The zero-order chi connectivity index (χ0) is 12.0. The summed E-state index contributed by atoms with van der Waals surface area (Å²) in [5.41, 5.74) is 0. The van der Waals surface area contributed by atoms with Crippen molar-refractivity contribution in [3.63, 3.8) is 0 Å². The first-order valence-corrected chi connectivity index (χ1v) is 5.20. The number of aromatic nitrogens is 2. The predicted molar refractivity (Wildman–Crippen MR) is 65.8 cm³/mol. The summed E-state index contributed by atoms with van der Waals surface area (Å²) in [5.74, 6) is 2.27. The van der Waals surface area contributed by atoms with Crippen LogP contribution < -0.4 is 10.2 Å². The number of nitrogens with zero attached hydrogens (tertiary/aromatic N) is 3. The lowest BCUT2D eigenvalue weighted by Crippen LogP contribution is -2.23. The Morgan fingerprint density at radius 1 is 1.56 bits per heavy atom. The SMILES string of the molecule is C=CCNc1cc(N(C)CCO)nc(C)n1. The van der Waals surface area contributed by atoms with Gasteiger partial charge in [0.15, 0.2) is 0 Å². The molecule has 0 fully saturated rings. The van der Waals surface area contributed by atoms with Crippen LogP contribution in [0, 0.1) is 6.92 Å². The van der Waals surface area contributed by atoms with E-state index in [1.54, 1.807) is 6.08 Å². The van der Waals surface area contributed by atoms with Gasteiger partial charge in [-0.05, 0) is 6.92 Å². The van der Waals surface area contributed by atoms with Crippen LogP contribution in [0.1, 0.15) is 5.82 Å². The van der Waals surface area contributed by atoms with E-state index in [4.69, 9.17) is 5.11 Å². The van der Waals surface area contributed by atoms with Crippen molar-refractivity contribution in [2.75, 3.05) is 37.0 Å². The average molecular weight is 222 g/mol. The molecule has 0 aliphatic carbocycles. The van der Waals surface area contributed by atoms with Gasteiger partial charge in [0.1, 0.15) is 17.5 Å². The van der Waals surface area contributed by atoms with Crippen LogP contribution in [-0.2, 0) is 0 Å². The minimum Gasteiger partial charge on any atom is -0.395 e. The Morgan fingerprint density at radius 3 is 2.94 bits per heavy atom. The Morgan fingerprint density at radius 2 is 2.31 bits per heavy atom. The highest BCUT2D eigenvalue weighted by Gasteiger charge is 2.05. The van der Waals surface area contributed by atoms with Gasteiger partial charge in [0.05, 0.1) is 6.61 Å². The van der Waals surface area contributed by atoms with Gasteiger partial charge >= 0.3 is 0 Å². The normalized spacial score (nSPS) is 9.94. The lowest BCUT2D eigenvalue weighted by molar-refractivity contribution is 0.304. The number of likely N-dealkylation sites (N-methyl/N-ethyl adjacent to an activating group) is 1. The van der Waals surface area contributed by atoms with Crippen LogP contribution in [0.2, 0.25) is 0 Å². The first-order chi connectivity index (χ1) is 7.67. The summed E-state index contributed by atoms with van der Waals surface area (Å²) in [6.07, 6.45) is 1.77. The first-order valence-electron chi connectivity index (χ1n) is 5.20. The monoisotopic (exact) mass is 222 g/mol. The summed E-state index contributed by atoms with van der Waals surface area (Å²) in [4.78, 5) is 10.4. The van der Waals surface area contributed by atoms with Crippen LogP contribution in [0.3, 0.4) is 0 Å². The average Bonchev–Trinajstić information content (AvgIpc) is 2.26. The van der Waals surface area contributed by atoms with Crippen LogP contribution in [0.5, 0.6) is 0 Å². The van der Waals surface area contributed by atoms with Gasteiger partial charge in [0.2, 0.25) is 0 Å². The Hall–Kier alpha value is -1.62. The van der Waals surface area contributed by atoms with Crippen LogP contribution in [0.15, 0.2) is 18.7 Å². The van der Waals surface area contributed by atoms with Gasteiger partial charge in [0.25, 0.3) is 0 Å². The molecular weight excluding hydrogens is 204 g/mol. The lowest BCUT2D eigenvalue weighted by atomic mass is 10.4. The van der Waals surface area contributed by atoms with Crippen molar-refractivity contribution in [1.82, 2.24) is 9.97 Å². The Kier molecular flexibility index (Phi) is 4.72. The Labute approximate surface area is 95.8 Å².